The third-order valence-electron chi connectivity index (χ3n) is 4.77. The third-order valence-corrected chi connectivity index (χ3v) is 4.77. The molecule has 0 spiro atoms. The normalized spacial score (nSPS) is 13.8. The molecule has 29 heavy (non-hydrogen) atoms. The van der Waals surface area contributed by atoms with Crippen molar-refractivity contribution in [1.29, 1.82) is 0 Å². The number of fused-ring (bicyclic) bond motifs is 1. The fraction of sp³-hybridized carbons (Fsp3) is 0.571. The Kier molecular flexibility index (Phi) is 10.8. The summed E-state index contributed by atoms with van der Waals surface area (Å²) in [4.78, 5) is 4.67. The van der Waals surface area contributed by atoms with Crippen molar-refractivity contribution in [3.8, 4) is 5.75 Å². The number of aryl methyl sites for hydroxylation is 2. The van der Waals surface area contributed by atoms with Crippen molar-refractivity contribution in [3.63, 3.8) is 0 Å². The summed E-state index contributed by atoms with van der Waals surface area (Å²) >= 11 is 0. The molecule has 3 rings (SSSR count). The molecule has 1 aromatic heterocycles. The maximum Gasteiger partial charge on any atom is 0.191 e. The van der Waals surface area contributed by atoms with Crippen molar-refractivity contribution in [3.05, 3.63) is 42.0 Å². The van der Waals surface area contributed by atoms with Crippen LogP contribution >= 0.6 is 24.0 Å². The fourth-order valence-corrected chi connectivity index (χ4v) is 3.36. The summed E-state index contributed by atoms with van der Waals surface area (Å²) in [6, 6.07) is 9.86. The van der Waals surface area contributed by atoms with Gasteiger partial charge in [0.15, 0.2) is 5.96 Å². The molecule has 1 aromatic carbocycles. The van der Waals surface area contributed by atoms with Crippen LogP contribution in [0.5, 0.6) is 5.75 Å². The lowest BCUT2D eigenvalue weighted by atomic mass is 10.2. The van der Waals surface area contributed by atoms with E-state index in [-0.39, 0.29) is 24.0 Å². The highest BCUT2D eigenvalue weighted by Gasteiger charge is 2.13. The molecule has 0 aliphatic carbocycles. The first-order chi connectivity index (χ1) is 13.9. The number of nitrogens with one attached hydrogen (secondary N) is 2. The number of aliphatic imine (C=N–C) groups is 1. The Morgan fingerprint density at radius 1 is 1.14 bits per heavy atom. The van der Waals surface area contributed by atoms with Crippen LogP contribution in [0.3, 0.4) is 0 Å². The molecule has 0 radical (unpaired) electrons. The van der Waals surface area contributed by atoms with Crippen LogP contribution in [0.2, 0.25) is 0 Å². The second-order valence-corrected chi connectivity index (χ2v) is 6.95. The minimum Gasteiger partial charge on any atom is -0.492 e. The zero-order valence-corrected chi connectivity index (χ0v) is 19.6. The van der Waals surface area contributed by atoms with Crippen LogP contribution in [0.1, 0.15) is 44.3 Å². The van der Waals surface area contributed by atoms with Crippen LogP contribution < -0.4 is 15.4 Å². The number of aromatic nitrogens is 3. The molecule has 160 valence electrons. The molecule has 1 aliphatic rings. The zero-order valence-electron chi connectivity index (χ0n) is 17.3. The van der Waals surface area contributed by atoms with E-state index in [1.165, 1.54) is 19.3 Å². The van der Waals surface area contributed by atoms with Crippen LogP contribution in [-0.4, -0.2) is 47.0 Å². The van der Waals surface area contributed by atoms with Crippen molar-refractivity contribution in [2.45, 2.75) is 52.0 Å². The molecule has 2 N–H and O–H groups in total. The Morgan fingerprint density at radius 2 is 2.00 bits per heavy atom. The van der Waals surface area contributed by atoms with E-state index in [9.17, 15) is 0 Å². The number of ether oxygens (including phenoxy) is 1. The number of para-hydroxylation sites is 1. The van der Waals surface area contributed by atoms with Gasteiger partial charge in [0.05, 0.1) is 6.54 Å². The van der Waals surface area contributed by atoms with Crippen molar-refractivity contribution in [2.24, 2.45) is 4.99 Å². The Bertz CT molecular complexity index is 734. The lowest BCUT2D eigenvalue weighted by Crippen LogP contribution is -2.39. The van der Waals surface area contributed by atoms with E-state index >= 15 is 0 Å². The van der Waals surface area contributed by atoms with Gasteiger partial charge in [-0.25, -0.2) is 0 Å². The van der Waals surface area contributed by atoms with Gasteiger partial charge >= 0.3 is 0 Å². The SMILES string of the molecule is CCNC(=NCCCc1nnc2n1CCCCC2)NCCOc1ccccc1.I. The van der Waals surface area contributed by atoms with Crippen LogP contribution in [0.15, 0.2) is 35.3 Å². The van der Waals surface area contributed by atoms with Crippen molar-refractivity contribution in [1.82, 2.24) is 25.4 Å². The van der Waals surface area contributed by atoms with Crippen molar-refractivity contribution in [2.75, 3.05) is 26.2 Å². The number of hydrogen-bond acceptors (Lipinski definition) is 4. The number of rotatable bonds is 9. The van der Waals surface area contributed by atoms with Crippen molar-refractivity contribution >= 4 is 29.9 Å². The van der Waals surface area contributed by atoms with Crippen LogP contribution in [0, 0.1) is 0 Å². The number of guanidine groups is 1. The molecule has 2 heterocycles. The summed E-state index contributed by atoms with van der Waals surface area (Å²) < 4.78 is 8.03. The molecule has 0 fully saturated rings. The number of halogens is 1. The summed E-state index contributed by atoms with van der Waals surface area (Å²) in [5, 5.41) is 15.4. The summed E-state index contributed by atoms with van der Waals surface area (Å²) in [7, 11) is 0. The third kappa shape index (κ3) is 7.83. The molecular formula is C21H33IN6O. The minimum atomic E-state index is 0. The average Bonchev–Trinajstić information content (AvgIpc) is 2.95. The van der Waals surface area contributed by atoms with Crippen LogP contribution in [0.4, 0.5) is 0 Å². The fourth-order valence-electron chi connectivity index (χ4n) is 3.36. The molecule has 0 saturated heterocycles. The zero-order chi connectivity index (χ0) is 19.4. The molecule has 0 amide bonds. The number of nitrogens with zero attached hydrogens (tertiary/aromatic N) is 4. The van der Waals surface area contributed by atoms with E-state index in [0.717, 1.165) is 62.3 Å². The summed E-state index contributed by atoms with van der Waals surface area (Å²) in [5.41, 5.74) is 0. The Hall–Kier alpha value is -1.84. The van der Waals surface area contributed by atoms with Crippen LogP contribution in [-0.2, 0) is 19.4 Å². The van der Waals surface area contributed by atoms with Crippen LogP contribution in [0.25, 0.3) is 0 Å². The second-order valence-electron chi connectivity index (χ2n) is 6.95. The summed E-state index contributed by atoms with van der Waals surface area (Å²) in [6.45, 7) is 6.04. The number of hydrogen-bond donors (Lipinski definition) is 2. The maximum atomic E-state index is 5.71. The Balaban J connectivity index is 0.00000300. The smallest absolute Gasteiger partial charge is 0.191 e. The first kappa shape index (κ1) is 23.4. The molecule has 0 atom stereocenters. The van der Waals surface area contributed by atoms with Gasteiger partial charge in [0.25, 0.3) is 0 Å². The minimum absolute atomic E-state index is 0. The van der Waals surface area contributed by atoms with E-state index < -0.39 is 0 Å². The van der Waals surface area contributed by atoms with Gasteiger partial charge in [-0.1, -0.05) is 24.6 Å². The van der Waals surface area contributed by atoms with Crippen molar-refractivity contribution < 1.29 is 4.74 Å². The largest absolute Gasteiger partial charge is 0.492 e. The van der Waals surface area contributed by atoms with Gasteiger partial charge in [-0.05, 0) is 38.3 Å². The van der Waals surface area contributed by atoms with Gasteiger partial charge in [-0.15, -0.1) is 34.2 Å². The highest BCUT2D eigenvalue weighted by Crippen LogP contribution is 2.15. The van der Waals surface area contributed by atoms with Gasteiger partial charge < -0.3 is 19.9 Å². The van der Waals surface area contributed by atoms with E-state index in [0.29, 0.717) is 13.2 Å². The number of benzene rings is 1. The quantitative estimate of drug-likeness (QED) is 0.234. The molecular weight excluding hydrogens is 479 g/mol. The van der Waals surface area contributed by atoms with Gasteiger partial charge in [0.2, 0.25) is 0 Å². The van der Waals surface area contributed by atoms with Gasteiger partial charge in [0.1, 0.15) is 24.0 Å². The van der Waals surface area contributed by atoms with E-state index in [1.807, 2.05) is 30.3 Å². The molecule has 0 saturated carbocycles. The molecule has 0 bridgehead atoms. The standard InChI is InChI=1S/C21H32N6O.HI/c1-2-22-21(24-15-17-28-18-10-5-3-6-11-18)23-14-9-13-20-26-25-19-12-7-4-8-16-27(19)20;/h3,5-6,10-11H,2,4,7-9,12-17H2,1H3,(H2,22,23,24);1H. The highest BCUT2D eigenvalue weighted by atomic mass is 127. The first-order valence-corrected chi connectivity index (χ1v) is 10.5. The van der Waals surface area contributed by atoms with Gasteiger partial charge in [-0.3, -0.25) is 4.99 Å². The predicted molar refractivity (Wildman–Crippen MR) is 127 cm³/mol. The Morgan fingerprint density at radius 3 is 2.83 bits per heavy atom. The lowest BCUT2D eigenvalue weighted by Gasteiger charge is -2.12. The first-order valence-electron chi connectivity index (χ1n) is 10.5. The molecule has 0 unspecified atom stereocenters. The predicted octanol–water partition coefficient (Wildman–Crippen LogP) is 3.19. The second kappa shape index (κ2) is 13.4. The molecule has 2 aromatic rings. The van der Waals surface area contributed by atoms with Gasteiger partial charge in [0, 0.05) is 32.5 Å². The summed E-state index contributed by atoms with van der Waals surface area (Å²) in [6.07, 6.45) is 6.70. The molecule has 7 nitrogen and oxygen atoms in total. The average molecular weight is 512 g/mol. The van der Waals surface area contributed by atoms with E-state index in [1.54, 1.807) is 0 Å². The monoisotopic (exact) mass is 512 g/mol. The molecule has 8 heteroatoms. The molecule has 1 aliphatic heterocycles. The Labute approximate surface area is 190 Å². The van der Waals surface area contributed by atoms with Gasteiger partial charge in [-0.2, -0.15) is 0 Å². The highest BCUT2D eigenvalue weighted by molar-refractivity contribution is 14.0. The lowest BCUT2D eigenvalue weighted by molar-refractivity contribution is 0.322. The maximum absolute atomic E-state index is 5.71. The van der Waals surface area contributed by atoms with E-state index in [4.69, 9.17) is 4.74 Å². The van der Waals surface area contributed by atoms with E-state index in [2.05, 4.69) is 37.3 Å². The topological polar surface area (TPSA) is 76.4 Å². The summed E-state index contributed by atoms with van der Waals surface area (Å²) in [5.74, 6) is 3.99.